The van der Waals surface area contributed by atoms with Gasteiger partial charge in [0.1, 0.15) is 12.4 Å². The van der Waals surface area contributed by atoms with Crippen molar-refractivity contribution in [2.24, 2.45) is 0 Å². The van der Waals surface area contributed by atoms with Gasteiger partial charge in [-0.25, -0.2) is 0 Å². The van der Waals surface area contributed by atoms with Gasteiger partial charge in [-0.2, -0.15) is 0 Å². The molecule has 0 amide bonds. The van der Waals surface area contributed by atoms with Crippen molar-refractivity contribution < 1.29 is 4.74 Å². The Hall–Kier alpha value is -1.75. The quantitative estimate of drug-likeness (QED) is 0.880. The van der Waals surface area contributed by atoms with Crippen molar-refractivity contribution in [1.29, 1.82) is 0 Å². The minimum atomic E-state index is -0.0356. The number of nitrogens with two attached hydrogens (primary N) is 1. The first-order valence-corrected chi connectivity index (χ1v) is 6.71. The van der Waals surface area contributed by atoms with Crippen LogP contribution in [-0.2, 0) is 6.54 Å². The lowest BCUT2D eigenvalue weighted by Crippen LogP contribution is -2.21. The number of ether oxygens (including phenoxy) is 1. The molecule has 1 aromatic carbocycles. The maximum absolute atomic E-state index is 11.5. The number of aryl methyl sites for hydroxylation is 1. The van der Waals surface area contributed by atoms with E-state index >= 15 is 0 Å². The van der Waals surface area contributed by atoms with Gasteiger partial charge in [-0.3, -0.25) is 4.79 Å². The van der Waals surface area contributed by atoms with Crippen LogP contribution in [0.1, 0.15) is 5.56 Å². The average molecular weight is 323 g/mol. The van der Waals surface area contributed by atoms with Crippen LogP contribution in [0.15, 0.2) is 45.8 Å². The predicted molar refractivity (Wildman–Crippen MR) is 79.5 cm³/mol. The molecule has 5 heteroatoms. The van der Waals surface area contributed by atoms with E-state index in [0.717, 1.165) is 10.0 Å². The van der Waals surface area contributed by atoms with Crippen molar-refractivity contribution in [2.45, 2.75) is 13.5 Å². The topological polar surface area (TPSA) is 57.2 Å². The molecule has 0 aliphatic carbocycles. The van der Waals surface area contributed by atoms with Crippen LogP contribution in [0.2, 0.25) is 0 Å². The highest BCUT2D eigenvalue weighted by Gasteiger charge is 2.06. The summed E-state index contributed by atoms with van der Waals surface area (Å²) in [7, 11) is 0. The van der Waals surface area contributed by atoms with E-state index in [9.17, 15) is 4.79 Å². The van der Waals surface area contributed by atoms with Gasteiger partial charge >= 0.3 is 0 Å². The molecule has 0 unspecified atom stereocenters. The van der Waals surface area contributed by atoms with Gasteiger partial charge in [0.25, 0.3) is 5.56 Å². The maximum Gasteiger partial charge on any atom is 0.250 e. The second-order valence-corrected chi connectivity index (χ2v) is 5.14. The molecule has 2 N–H and O–H groups in total. The molecule has 100 valence electrons. The molecule has 4 nitrogen and oxygen atoms in total. The van der Waals surface area contributed by atoms with Crippen molar-refractivity contribution in [1.82, 2.24) is 4.57 Å². The lowest BCUT2D eigenvalue weighted by Gasteiger charge is -2.13. The van der Waals surface area contributed by atoms with Crippen LogP contribution >= 0.6 is 15.9 Å². The molecule has 0 aliphatic heterocycles. The number of halogens is 1. The molecule has 0 aliphatic rings. The van der Waals surface area contributed by atoms with E-state index in [0.29, 0.717) is 24.6 Å². The molecule has 2 rings (SSSR count). The summed E-state index contributed by atoms with van der Waals surface area (Å²) in [6.45, 7) is 2.83. The summed E-state index contributed by atoms with van der Waals surface area (Å²) in [6.07, 6.45) is 1.74. The molecular weight excluding hydrogens is 308 g/mol. The number of anilines is 1. The number of nitrogen functional groups attached to an aromatic ring is 1. The van der Waals surface area contributed by atoms with Crippen molar-refractivity contribution in [3.8, 4) is 5.75 Å². The molecule has 0 saturated heterocycles. The van der Waals surface area contributed by atoms with Crippen molar-refractivity contribution in [3.63, 3.8) is 0 Å². The Morgan fingerprint density at radius 1 is 1.37 bits per heavy atom. The fourth-order valence-corrected chi connectivity index (χ4v) is 2.43. The molecule has 0 saturated carbocycles. The zero-order valence-corrected chi connectivity index (χ0v) is 12.2. The van der Waals surface area contributed by atoms with Gasteiger partial charge in [0.05, 0.1) is 12.2 Å². The minimum absolute atomic E-state index is 0.0356. The average Bonchev–Trinajstić information content (AvgIpc) is 2.34. The summed E-state index contributed by atoms with van der Waals surface area (Å²) in [6, 6.07) is 8.81. The van der Waals surface area contributed by atoms with Crippen LogP contribution in [0.25, 0.3) is 0 Å². The Bertz CT molecular complexity index is 614. The molecule has 0 atom stereocenters. The Labute approximate surface area is 119 Å². The lowest BCUT2D eigenvalue weighted by atomic mass is 10.2. The molecule has 1 aromatic heterocycles. The summed E-state index contributed by atoms with van der Waals surface area (Å²) >= 11 is 3.38. The number of rotatable bonds is 4. The van der Waals surface area contributed by atoms with Gasteiger partial charge in [0, 0.05) is 16.7 Å². The zero-order chi connectivity index (χ0) is 13.8. The van der Waals surface area contributed by atoms with Crippen LogP contribution in [0.5, 0.6) is 5.75 Å². The van der Waals surface area contributed by atoms with E-state index in [1.54, 1.807) is 22.9 Å². The van der Waals surface area contributed by atoms with E-state index in [2.05, 4.69) is 15.9 Å². The highest BCUT2D eigenvalue weighted by molar-refractivity contribution is 9.10. The molecule has 19 heavy (non-hydrogen) atoms. The lowest BCUT2D eigenvalue weighted by molar-refractivity contribution is 0.296. The third-order valence-electron chi connectivity index (χ3n) is 2.75. The van der Waals surface area contributed by atoms with Crippen molar-refractivity contribution in [3.05, 3.63) is 56.9 Å². The predicted octanol–water partition coefficient (Wildman–Crippen LogP) is 2.58. The number of aromatic nitrogens is 1. The van der Waals surface area contributed by atoms with E-state index in [1.807, 2.05) is 19.1 Å². The third kappa shape index (κ3) is 3.38. The van der Waals surface area contributed by atoms with Gasteiger partial charge in [-0.15, -0.1) is 0 Å². The fraction of sp³-hybridized carbons (Fsp3) is 0.214. The van der Waals surface area contributed by atoms with E-state index in [-0.39, 0.29) is 5.56 Å². The monoisotopic (exact) mass is 322 g/mol. The van der Waals surface area contributed by atoms with E-state index < -0.39 is 0 Å². The number of nitrogens with zero attached hydrogens (tertiary/aromatic N) is 1. The molecule has 1 heterocycles. The number of hydrogen-bond acceptors (Lipinski definition) is 3. The van der Waals surface area contributed by atoms with Gasteiger partial charge in [-0.1, -0.05) is 22.0 Å². The molecular formula is C14H15BrN2O2. The van der Waals surface area contributed by atoms with Crippen LogP contribution in [0, 0.1) is 6.92 Å². The summed E-state index contributed by atoms with van der Waals surface area (Å²) in [5.41, 5.74) is 7.43. The first-order valence-electron chi connectivity index (χ1n) is 5.92. The Kier molecular flexibility index (Phi) is 4.27. The van der Waals surface area contributed by atoms with Crippen molar-refractivity contribution in [2.75, 3.05) is 12.3 Å². The van der Waals surface area contributed by atoms with E-state index in [4.69, 9.17) is 10.5 Å². The summed E-state index contributed by atoms with van der Waals surface area (Å²) in [5.74, 6) is 0.673. The first-order chi connectivity index (χ1) is 9.08. The molecule has 0 radical (unpaired) electrons. The fourth-order valence-electron chi connectivity index (χ4n) is 1.84. The third-order valence-corrected chi connectivity index (χ3v) is 3.20. The largest absolute Gasteiger partial charge is 0.489 e. The Morgan fingerprint density at radius 2 is 2.16 bits per heavy atom. The van der Waals surface area contributed by atoms with Crippen LogP contribution < -0.4 is 16.0 Å². The first kappa shape index (κ1) is 13.7. The van der Waals surface area contributed by atoms with Crippen LogP contribution in [-0.4, -0.2) is 11.2 Å². The second-order valence-electron chi connectivity index (χ2n) is 4.22. The summed E-state index contributed by atoms with van der Waals surface area (Å²) in [5, 5.41) is 0. The smallest absolute Gasteiger partial charge is 0.250 e. The molecule has 2 aromatic rings. The Morgan fingerprint density at radius 3 is 2.84 bits per heavy atom. The normalized spacial score (nSPS) is 10.4. The van der Waals surface area contributed by atoms with Gasteiger partial charge in [-0.05, 0) is 30.7 Å². The van der Waals surface area contributed by atoms with E-state index in [1.165, 1.54) is 6.07 Å². The molecule has 0 spiro atoms. The standard InChI is InChI=1S/C14H15BrN2O2/c1-10-8-11(15)9-12(16)14(10)19-7-6-17-5-3-2-4-13(17)18/h2-5,8-9H,6-7,16H2,1H3. The van der Waals surface area contributed by atoms with Crippen LogP contribution in [0.3, 0.4) is 0 Å². The zero-order valence-electron chi connectivity index (χ0n) is 10.6. The van der Waals surface area contributed by atoms with Gasteiger partial charge < -0.3 is 15.0 Å². The summed E-state index contributed by atoms with van der Waals surface area (Å²) in [4.78, 5) is 11.5. The molecule has 0 fully saturated rings. The van der Waals surface area contributed by atoms with Crippen LogP contribution in [0.4, 0.5) is 5.69 Å². The van der Waals surface area contributed by atoms with Gasteiger partial charge in [0.15, 0.2) is 0 Å². The molecule has 0 bridgehead atoms. The second kappa shape index (κ2) is 5.93. The highest BCUT2D eigenvalue weighted by Crippen LogP contribution is 2.29. The van der Waals surface area contributed by atoms with Crippen molar-refractivity contribution >= 4 is 21.6 Å². The number of hydrogen-bond donors (Lipinski definition) is 1. The minimum Gasteiger partial charge on any atom is -0.489 e. The Balaban J connectivity index is 2.04. The SMILES string of the molecule is Cc1cc(Br)cc(N)c1OCCn1ccccc1=O. The summed E-state index contributed by atoms with van der Waals surface area (Å²) < 4.78 is 8.20. The van der Waals surface area contributed by atoms with Gasteiger partial charge in [0.2, 0.25) is 0 Å². The highest BCUT2D eigenvalue weighted by atomic mass is 79.9. The maximum atomic E-state index is 11.5. The number of benzene rings is 1. The number of pyridine rings is 1.